The first-order chi connectivity index (χ1) is 12.0. The molecule has 2 aromatic carbocycles. The molecular weight excluding hydrogens is 384 g/mol. The number of benzene rings is 2. The molecule has 0 fully saturated rings. The average molecular weight is 401 g/mol. The molecule has 0 aliphatic rings. The highest BCUT2D eigenvalue weighted by Gasteiger charge is 2.26. The summed E-state index contributed by atoms with van der Waals surface area (Å²) >= 11 is 3.21. The summed E-state index contributed by atoms with van der Waals surface area (Å²) in [4.78, 5) is 11.0. The molecule has 25 heavy (non-hydrogen) atoms. The number of halogens is 1. The van der Waals surface area contributed by atoms with Crippen molar-refractivity contribution in [3.63, 3.8) is 0 Å². The largest absolute Gasteiger partial charge is 0.360 e. The zero-order chi connectivity index (χ0) is 17.8. The Bertz CT molecular complexity index is 876. The van der Waals surface area contributed by atoms with Gasteiger partial charge in [0.05, 0.1) is 11.5 Å². The van der Waals surface area contributed by atoms with Crippen molar-refractivity contribution in [3.8, 4) is 0 Å². The molecule has 0 spiro atoms. The number of nitro groups is 1. The van der Waals surface area contributed by atoms with Crippen molar-refractivity contribution in [3.05, 3.63) is 86.0 Å². The lowest BCUT2D eigenvalue weighted by Gasteiger charge is -2.10. The molecular formula is C18H17BrN4O2. The number of aromatic nitrogens is 2. The molecule has 7 heteroatoms. The molecule has 1 N–H and O–H groups in total. The summed E-state index contributed by atoms with van der Waals surface area (Å²) in [6, 6.07) is 17.8. The third-order valence-corrected chi connectivity index (χ3v) is 4.36. The van der Waals surface area contributed by atoms with E-state index in [9.17, 15) is 10.1 Å². The molecule has 1 aromatic heterocycles. The molecule has 128 valence electrons. The van der Waals surface area contributed by atoms with Crippen LogP contribution in [0.5, 0.6) is 0 Å². The third kappa shape index (κ3) is 4.06. The van der Waals surface area contributed by atoms with E-state index >= 15 is 0 Å². The second kappa shape index (κ2) is 7.48. The van der Waals surface area contributed by atoms with E-state index in [1.807, 2.05) is 61.5 Å². The Morgan fingerprint density at radius 3 is 2.44 bits per heavy atom. The molecule has 3 aromatic rings. The Hall–Kier alpha value is -2.67. The van der Waals surface area contributed by atoms with Crippen molar-refractivity contribution < 1.29 is 4.92 Å². The van der Waals surface area contributed by atoms with Gasteiger partial charge in [-0.05, 0) is 34.0 Å². The van der Waals surface area contributed by atoms with Gasteiger partial charge in [-0.1, -0.05) is 60.2 Å². The summed E-state index contributed by atoms with van der Waals surface area (Å²) in [5.74, 6) is 0.390. The number of nitrogens with zero attached hydrogens (tertiary/aromatic N) is 3. The number of hydrogen-bond acceptors (Lipinski definition) is 4. The van der Waals surface area contributed by atoms with Crippen molar-refractivity contribution in [2.75, 3.05) is 5.32 Å². The highest BCUT2D eigenvalue weighted by molar-refractivity contribution is 9.10. The molecule has 0 radical (unpaired) electrons. The molecule has 0 aliphatic carbocycles. The average Bonchev–Trinajstić information content (AvgIpc) is 2.91. The summed E-state index contributed by atoms with van der Waals surface area (Å²) < 4.78 is 1.84. The molecule has 0 saturated heterocycles. The monoisotopic (exact) mass is 400 g/mol. The van der Waals surface area contributed by atoms with Gasteiger partial charge in [-0.3, -0.25) is 10.1 Å². The van der Waals surface area contributed by atoms with Crippen LogP contribution < -0.4 is 5.32 Å². The maximum absolute atomic E-state index is 11.4. The number of hydrogen-bond donors (Lipinski definition) is 1. The van der Waals surface area contributed by atoms with Gasteiger partial charge in [-0.25, -0.2) is 4.68 Å². The first-order valence-corrected chi connectivity index (χ1v) is 8.58. The fourth-order valence-corrected chi connectivity index (χ4v) is 3.05. The van der Waals surface area contributed by atoms with Gasteiger partial charge < -0.3 is 5.32 Å². The number of anilines is 1. The normalized spacial score (nSPS) is 10.6. The predicted octanol–water partition coefficient (Wildman–Crippen LogP) is 4.52. The van der Waals surface area contributed by atoms with Crippen LogP contribution in [0.1, 0.15) is 16.7 Å². The van der Waals surface area contributed by atoms with E-state index in [1.165, 1.54) is 5.56 Å². The maximum Gasteiger partial charge on any atom is 0.345 e. The van der Waals surface area contributed by atoms with Crippen LogP contribution in [-0.2, 0) is 13.1 Å². The van der Waals surface area contributed by atoms with Gasteiger partial charge in [0.25, 0.3) is 0 Å². The van der Waals surface area contributed by atoms with Gasteiger partial charge in [0, 0.05) is 6.54 Å². The third-order valence-electron chi connectivity index (χ3n) is 3.82. The zero-order valence-electron chi connectivity index (χ0n) is 13.6. The molecule has 0 aliphatic heterocycles. The van der Waals surface area contributed by atoms with E-state index in [2.05, 4.69) is 26.3 Å². The number of nitrogens with one attached hydrogen (secondary N) is 1. The topological polar surface area (TPSA) is 73.0 Å². The second-order valence-corrected chi connectivity index (χ2v) is 6.48. The van der Waals surface area contributed by atoms with Crippen molar-refractivity contribution >= 4 is 27.4 Å². The fourth-order valence-electron chi connectivity index (χ4n) is 2.52. The number of rotatable bonds is 6. The van der Waals surface area contributed by atoms with Crippen molar-refractivity contribution in [1.82, 2.24) is 9.78 Å². The first-order valence-electron chi connectivity index (χ1n) is 7.78. The van der Waals surface area contributed by atoms with Gasteiger partial charge in [0.2, 0.25) is 10.4 Å². The number of aryl methyl sites for hydroxylation is 1. The fraction of sp³-hybridized carbons (Fsp3) is 0.167. The quantitative estimate of drug-likeness (QED) is 0.487. The summed E-state index contributed by atoms with van der Waals surface area (Å²) in [7, 11) is 0. The molecule has 0 saturated carbocycles. The lowest BCUT2D eigenvalue weighted by Crippen LogP contribution is -2.10. The standard InChI is InChI=1S/C18H17BrN4O2/c1-13-7-9-15(10-8-13)12-22-18(16(23(24)25)17(19)21-22)20-11-14-5-3-2-4-6-14/h2-10,20H,11-12H2,1H3. The molecule has 6 nitrogen and oxygen atoms in total. The van der Waals surface area contributed by atoms with E-state index in [4.69, 9.17) is 0 Å². The van der Waals surface area contributed by atoms with E-state index in [1.54, 1.807) is 4.68 Å². The van der Waals surface area contributed by atoms with Gasteiger partial charge in [0.1, 0.15) is 0 Å². The Kier molecular flexibility index (Phi) is 5.14. The van der Waals surface area contributed by atoms with E-state index in [-0.39, 0.29) is 10.3 Å². The van der Waals surface area contributed by atoms with Crippen LogP contribution in [0.4, 0.5) is 11.5 Å². The van der Waals surface area contributed by atoms with E-state index in [0.29, 0.717) is 18.9 Å². The summed E-state index contributed by atoms with van der Waals surface area (Å²) in [5, 5.41) is 18.9. The lowest BCUT2D eigenvalue weighted by atomic mass is 10.1. The van der Waals surface area contributed by atoms with Crippen LogP contribution in [0, 0.1) is 17.0 Å². The van der Waals surface area contributed by atoms with Gasteiger partial charge in [0.15, 0.2) is 0 Å². The molecule has 0 atom stereocenters. The van der Waals surface area contributed by atoms with Crippen molar-refractivity contribution in [2.24, 2.45) is 0 Å². The minimum absolute atomic E-state index is 0.0527. The van der Waals surface area contributed by atoms with Crippen LogP contribution in [0.15, 0.2) is 59.2 Å². The van der Waals surface area contributed by atoms with Crippen LogP contribution in [0.3, 0.4) is 0 Å². The predicted molar refractivity (Wildman–Crippen MR) is 101 cm³/mol. The van der Waals surface area contributed by atoms with Crippen LogP contribution >= 0.6 is 15.9 Å². The Labute approximate surface area is 153 Å². The van der Waals surface area contributed by atoms with Crippen LogP contribution in [0.2, 0.25) is 0 Å². The zero-order valence-corrected chi connectivity index (χ0v) is 15.2. The summed E-state index contributed by atoms with van der Waals surface area (Å²) in [5.41, 5.74) is 3.18. The Morgan fingerprint density at radius 1 is 1.12 bits per heavy atom. The van der Waals surface area contributed by atoms with Gasteiger partial charge in [-0.15, -0.1) is 0 Å². The van der Waals surface area contributed by atoms with Crippen molar-refractivity contribution in [1.29, 1.82) is 0 Å². The minimum atomic E-state index is -0.421. The summed E-state index contributed by atoms with van der Waals surface area (Å²) in [6.45, 7) is 2.95. The molecule has 3 rings (SSSR count). The van der Waals surface area contributed by atoms with Crippen molar-refractivity contribution in [2.45, 2.75) is 20.0 Å². The SMILES string of the molecule is Cc1ccc(Cn2nc(Br)c([N+](=O)[O-])c2NCc2ccccc2)cc1. The first kappa shape index (κ1) is 17.2. The second-order valence-electron chi connectivity index (χ2n) is 5.73. The molecule has 0 unspecified atom stereocenters. The smallest absolute Gasteiger partial charge is 0.345 e. The highest BCUT2D eigenvalue weighted by Crippen LogP contribution is 2.33. The van der Waals surface area contributed by atoms with E-state index in [0.717, 1.165) is 11.1 Å². The highest BCUT2D eigenvalue weighted by atomic mass is 79.9. The summed E-state index contributed by atoms with van der Waals surface area (Å²) in [6.07, 6.45) is 0. The minimum Gasteiger partial charge on any atom is -0.360 e. The van der Waals surface area contributed by atoms with Crippen LogP contribution in [-0.4, -0.2) is 14.7 Å². The Morgan fingerprint density at radius 2 is 1.80 bits per heavy atom. The molecule has 0 bridgehead atoms. The van der Waals surface area contributed by atoms with E-state index < -0.39 is 4.92 Å². The van der Waals surface area contributed by atoms with Crippen LogP contribution in [0.25, 0.3) is 0 Å². The molecule has 1 heterocycles. The van der Waals surface area contributed by atoms with Gasteiger partial charge >= 0.3 is 5.69 Å². The van der Waals surface area contributed by atoms with Gasteiger partial charge in [-0.2, -0.15) is 5.10 Å². The maximum atomic E-state index is 11.4. The molecule has 0 amide bonds. The Balaban J connectivity index is 1.90. The lowest BCUT2D eigenvalue weighted by molar-refractivity contribution is -0.384.